The van der Waals surface area contributed by atoms with Crippen molar-refractivity contribution in [2.45, 2.75) is 419 Å². The standard InChI is InChI=1S/C77H150O17P2/c1-7-9-11-13-15-16-17-18-19-20-24-27-30-36-42-48-54-60-75(80)88-66-73(94-76(81)61-55-49-43-37-31-28-25-22-21-23-26-29-34-40-45-51-57-69(3)4)68-92-96(85,86)90-64-71(78)63-89-95(83,84)91-67-72(65-87-74(79)59-53-47-39-14-12-10-8-2)93-77(82)62-56-50-44-38-33-32-35-41-46-52-58-70(5)6/h69-73,78H,7-68H2,1-6H3,(H,83,84)(H,85,86)/t71-,72+,73+/m0/s1. The largest absolute Gasteiger partial charge is 0.472 e. The maximum absolute atomic E-state index is 13.1. The van der Waals surface area contributed by atoms with Crippen LogP contribution < -0.4 is 0 Å². The van der Waals surface area contributed by atoms with Gasteiger partial charge in [0.25, 0.3) is 0 Å². The first-order valence-corrected chi connectivity index (χ1v) is 43.0. The number of esters is 4. The third kappa shape index (κ3) is 70.5. The van der Waals surface area contributed by atoms with E-state index in [2.05, 4.69) is 41.5 Å². The molecule has 96 heavy (non-hydrogen) atoms. The summed E-state index contributed by atoms with van der Waals surface area (Å²) in [6.07, 6.45) is 57.0. The Kier molecular flexibility index (Phi) is 67.4. The van der Waals surface area contributed by atoms with Gasteiger partial charge in [0, 0.05) is 25.7 Å². The molecule has 17 nitrogen and oxygen atoms in total. The molecule has 0 aliphatic carbocycles. The van der Waals surface area contributed by atoms with Gasteiger partial charge in [-0.3, -0.25) is 37.3 Å². The SMILES string of the molecule is CCCCCCCCCCCCCCCCCCCC(=O)OC[C@H](COP(=O)(O)OC[C@@H](O)COP(=O)(O)OC[C@@H](COC(=O)CCCCCCCCC)OC(=O)CCCCCCCCCCCCC(C)C)OC(=O)CCCCCCCCCCCCCCCCCCC(C)C. The highest BCUT2D eigenvalue weighted by atomic mass is 31.2. The van der Waals surface area contributed by atoms with Gasteiger partial charge >= 0.3 is 39.5 Å². The van der Waals surface area contributed by atoms with Crippen LogP contribution in [0.3, 0.4) is 0 Å². The van der Waals surface area contributed by atoms with Crippen LogP contribution in [0.1, 0.15) is 401 Å². The third-order valence-electron chi connectivity index (χ3n) is 18.0. The summed E-state index contributed by atoms with van der Waals surface area (Å²) >= 11 is 0. The van der Waals surface area contributed by atoms with Crippen molar-refractivity contribution in [3.05, 3.63) is 0 Å². The molecule has 0 aliphatic rings. The number of aliphatic hydroxyl groups is 1. The van der Waals surface area contributed by atoms with Gasteiger partial charge in [-0.1, -0.05) is 350 Å². The minimum absolute atomic E-state index is 0.106. The maximum Gasteiger partial charge on any atom is 0.472 e. The van der Waals surface area contributed by atoms with Gasteiger partial charge < -0.3 is 33.8 Å². The first-order valence-electron chi connectivity index (χ1n) is 40.0. The maximum atomic E-state index is 13.1. The second kappa shape index (κ2) is 68.8. The highest BCUT2D eigenvalue weighted by Crippen LogP contribution is 2.45. The topological polar surface area (TPSA) is 237 Å². The summed E-state index contributed by atoms with van der Waals surface area (Å²) in [5, 5.41) is 10.6. The van der Waals surface area contributed by atoms with E-state index in [1.807, 2.05) is 0 Å². The lowest BCUT2D eigenvalue weighted by molar-refractivity contribution is -0.161. The average molecular weight is 1410 g/mol. The Hall–Kier alpha value is -1.94. The van der Waals surface area contributed by atoms with Gasteiger partial charge in [-0.05, 0) is 37.5 Å². The molecule has 0 radical (unpaired) electrons. The normalized spacial score (nSPS) is 14.0. The van der Waals surface area contributed by atoms with Crippen molar-refractivity contribution < 1.29 is 80.2 Å². The zero-order valence-corrected chi connectivity index (χ0v) is 64.5. The van der Waals surface area contributed by atoms with E-state index in [4.69, 9.17) is 37.0 Å². The number of rotatable bonds is 76. The fourth-order valence-electron chi connectivity index (χ4n) is 11.8. The van der Waals surface area contributed by atoms with Crippen molar-refractivity contribution in [3.63, 3.8) is 0 Å². The van der Waals surface area contributed by atoms with E-state index in [0.717, 1.165) is 115 Å². The fraction of sp³-hybridized carbons (Fsp3) is 0.948. The predicted molar refractivity (Wildman–Crippen MR) is 391 cm³/mol. The average Bonchev–Trinajstić information content (AvgIpc) is 2.22. The predicted octanol–water partition coefficient (Wildman–Crippen LogP) is 22.7. The fourth-order valence-corrected chi connectivity index (χ4v) is 13.4. The second-order valence-corrected chi connectivity index (χ2v) is 31.6. The van der Waals surface area contributed by atoms with Crippen LogP contribution in [0.2, 0.25) is 0 Å². The number of aliphatic hydroxyl groups excluding tert-OH is 1. The summed E-state index contributed by atoms with van der Waals surface area (Å²) in [6, 6.07) is 0. The third-order valence-corrected chi connectivity index (χ3v) is 19.9. The van der Waals surface area contributed by atoms with E-state index in [1.165, 1.54) is 205 Å². The van der Waals surface area contributed by atoms with Crippen LogP contribution in [0.25, 0.3) is 0 Å². The molecule has 0 saturated carbocycles. The quantitative estimate of drug-likeness (QED) is 0.0222. The molecule has 0 aromatic carbocycles. The van der Waals surface area contributed by atoms with Crippen molar-refractivity contribution in [2.75, 3.05) is 39.6 Å². The summed E-state index contributed by atoms with van der Waals surface area (Å²) in [6.45, 7) is 9.58. The summed E-state index contributed by atoms with van der Waals surface area (Å²) in [4.78, 5) is 72.7. The van der Waals surface area contributed by atoms with E-state index in [0.29, 0.717) is 25.7 Å². The molecular formula is C77H150O17P2. The van der Waals surface area contributed by atoms with Gasteiger partial charge in [0.05, 0.1) is 26.4 Å². The Morgan fingerprint density at radius 3 is 0.708 bits per heavy atom. The smallest absolute Gasteiger partial charge is 0.462 e. The highest BCUT2D eigenvalue weighted by Gasteiger charge is 2.30. The van der Waals surface area contributed by atoms with Gasteiger partial charge in [0.2, 0.25) is 0 Å². The van der Waals surface area contributed by atoms with Crippen molar-refractivity contribution in [3.8, 4) is 0 Å². The van der Waals surface area contributed by atoms with Crippen LogP contribution in [0.5, 0.6) is 0 Å². The zero-order valence-electron chi connectivity index (χ0n) is 62.7. The van der Waals surface area contributed by atoms with Crippen molar-refractivity contribution in [1.82, 2.24) is 0 Å². The lowest BCUT2D eigenvalue weighted by Crippen LogP contribution is -2.30. The molecule has 0 rings (SSSR count). The molecule has 5 atom stereocenters. The number of hydrogen-bond donors (Lipinski definition) is 3. The van der Waals surface area contributed by atoms with E-state index in [-0.39, 0.29) is 25.7 Å². The van der Waals surface area contributed by atoms with E-state index in [9.17, 15) is 43.2 Å². The van der Waals surface area contributed by atoms with Gasteiger partial charge in [-0.15, -0.1) is 0 Å². The van der Waals surface area contributed by atoms with Gasteiger partial charge in [0.15, 0.2) is 12.2 Å². The van der Waals surface area contributed by atoms with Crippen LogP contribution in [-0.2, 0) is 65.4 Å². The van der Waals surface area contributed by atoms with Gasteiger partial charge in [-0.2, -0.15) is 0 Å². The molecule has 2 unspecified atom stereocenters. The minimum atomic E-state index is -4.96. The number of hydrogen-bond acceptors (Lipinski definition) is 15. The molecule has 0 spiro atoms. The lowest BCUT2D eigenvalue weighted by Gasteiger charge is -2.21. The molecular weight excluding hydrogens is 1260 g/mol. The molecule has 0 saturated heterocycles. The molecule has 0 aromatic heterocycles. The number of carbonyl (C=O) groups is 4. The number of phosphoric ester groups is 2. The summed E-state index contributed by atoms with van der Waals surface area (Å²) < 4.78 is 68.5. The molecule has 0 aliphatic heterocycles. The number of ether oxygens (including phenoxy) is 4. The first kappa shape index (κ1) is 94.1. The van der Waals surface area contributed by atoms with E-state index < -0.39 is 97.5 Å². The molecule has 19 heteroatoms. The van der Waals surface area contributed by atoms with Gasteiger partial charge in [0.1, 0.15) is 19.3 Å². The molecule has 570 valence electrons. The molecule has 0 aromatic rings. The van der Waals surface area contributed by atoms with Crippen LogP contribution in [0.15, 0.2) is 0 Å². The van der Waals surface area contributed by atoms with Gasteiger partial charge in [-0.25, -0.2) is 9.13 Å². The Labute approximate surface area is 588 Å². The molecule has 0 amide bonds. The minimum Gasteiger partial charge on any atom is -0.462 e. The first-order chi connectivity index (χ1) is 46.4. The molecule has 3 N–H and O–H groups in total. The van der Waals surface area contributed by atoms with Crippen molar-refractivity contribution in [2.24, 2.45) is 11.8 Å². The Morgan fingerprint density at radius 1 is 0.281 bits per heavy atom. The lowest BCUT2D eigenvalue weighted by atomic mass is 10.0. The van der Waals surface area contributed by atoms with Crippen molar-refractivity contribution >= 4 is 39.5 Å². The summed E-state index contributed by atoms with van der Waals surface area (Å²) in [5.41, 5.74) is 0. The Morgan fingerprint density at radius 2 is 0.479 bits per heavy atom. The van der Waals surface area contributed by atoms with E-state index >= 15 is 0 Å². The molecule has 0 bridgehead atoms. The van der Waals surface area contributed by atoms with Crippen molar-refractivity contribution in [1.29, 1.82) is 0 Å². The highest BCUT2D eigenvalue weighted by molar-refractivity contribution is 7.47. The molecule has 0 fully saturated rings. The number of phosphoric acid groups is 2. The van der Waals surface area contributed by atoms with E-state index in [1.54, 1.807) is 0 Å². The summed E-state index contributed by atoms with van der Waals surface area (Å²) in [5.74, 6) is -0.557. The Bertz CT molecular complexity index is 1860. The van der Waals surface area contributed by atoms with Crippen LogP contribution >= 0.6 is 15.6 Å². The number of carbonyl (C=O) groups excluding carboxylic acids is 4. The van der Waals surface area contributed by atoms with Crippen LogP contribution in [0.4, 0.5) is 0 Å². The van der Waals surface area contributed by atoms with Crippen LogP contribution in [-0.4, -0.2) is 96.7 Å². The summed E-state index contributed by atoms with van der Waals surface area (Å²) in [7, 11) is -9.91. The second-order valence-electron chi connectivity index (χ2n) is 28.7. The Balaban J connectivity index is 5.19. The zero-order chi connectivity index (χ0) is 70.7. The van der Waals surface area contributed by atoms with Crippen LogP contribution in [0, 0.1) is 11.8 Å². The number of unbranched alkanes of at least 4 members (excludes halogenated alkanes) is 46. The monoisotopic (exact) mass is 1410 g/mol. The molecule has 0 heterocycles.